The Balaban J connectivity index is 1.15. The normalized spacial score (nSPS) is 18.1. The van der Waals surface area contributed by atoms with Crippen LogP contribution in [0.2, 0.25) is 0 Å². The van der Waals surface area contributed by atoms with E-state index in [9.17, 15) is 9.59 Å². The van der Waals surface area contributed by atoms with Crippen molar-refractivity contribution in [3.63, 3.8) is 0 Å². The molecule has 0 spiro atoms. The second kappa shape index (κ2) is 11.6. The van der Waals surface area contributed by atoms with Crippen LogP contribution in [0.4, 0.5) is 5.69 Å². The van der Waals surface area contributed by atoms with Crippen LogP contribution >= 0.6 is 0 Å². The van der Waals surface area contributed by atoms with Gasteiger partial charge in [0.15, 0.2) is 0 Å². The molecule has 0 unspecified atom stereocenters. The van der Waals surface area contributed by atoms with E-state index in [0.29, 0.717) is 26.2 Å². The number of piperazine rings is 2. The van der Waals surface area contributed by atoms with Crippen LogP contribution in [0.5, 0.6) is 0 Å². The Kier molecular flexibility index (Phi) is 8.32. The van der Waals surface area contributed by atoms with Crippen LogP contribution in [-0.2, 0) is 16.1 Å². The molecule has 0 radical (unpaired) electrons. The molecule has 0 saturated carbocycles. The van der Waals surface area contributed by atoms with Gasteiger partial charge in [-0.25, -0.2) is 0 Å². The standard InChI is InChI=1S/C27H37N5O2/c1-22-7-6-10-25(23(22)2)28-26(33)20-30-15-17-32(18-16-30)27(34)21-31-13-11-29(12-14-31)19-24-8-4-3-5-9-24/h3-10H,11-21H2,1-2H3,(H,28,33). The van der Waals surface area contributed by atoms with Gasteiger partial charge in [-0.15, -0.1) is 0 Å². The molecule has 4 rings (SSSR count). The average Bonchev–Trinajstić information content (AvgIpc) is 2.84. The van der Waals surface area contributed by atoms with Crippen molar-refractivity contribution in [1.82, 2.24) is 19.6 Å². The molecule has 7 nitrogen and oxygen atoms in total. The van der Waals surface area contributed by atoms with E-state index in [1.807, 2.05) is 43.0 Å². The van der Waals surface area contributed by atoms with Gasteiger partial charge in [0.05, 0.1) is 13.1 Å². The summed E-state index contributed by atoms with van der Waals surface area (Å²) in [5.74, 6) is 0.206. The smallest absolute Gasteiger partial charge is 0.238 e. The molecule has 0 atom stereocenters. The van der Waals surface area contributed by atoms with Gasteiger partial charge in [0.25, 0.3) is 0 Å². The Labute approximate surface area is 203 Å². The van der Waals surface area contributed by atoms with E-state index in [-0.39, 0.29) is 11.8 Å². The third-order valence-electron chi connectivity index (χ3n) is 7.04. The van der Waals surface area contributed by atoms with Crippen molar-refractivity contribution < 1.29 is 9.59 Å². The minimum atomic E-state index is 0.00171. The molecule has 182 valence electrons. The summed E-state index contributed by atoms with van der Waals surface area (Å²) in [7, 11) is 0. The van der Waals surface area contributed by atoms with Gasteiger partial charge in [-0.05, 0) is 36.6 Å². The van der Waals surface area contributed by atoms with Gasteiger partial charge < -0.3 is 10.2 Å². The lowest BCUT2D eigenvalue weighted by Crippen LogP contribution is -2.54. The molecule has 2 fully saturated rings. The molecular weight excluding hydrogens is 426 g/mol. The quantitative estimate of drug-likeness (QED) is 0.682. The molecule has 2 aliphatic heterocycles. The van der Waals surface area contributed by atoms with Crippen molar-refractivity contribution in [1.29, 1.82) is 0 Å². The van der Waals surface area contributed by atoms with Crippen molar-refractivity contribution in [3.05, 3.63) is 65.2 Å². The number of benzene rings is 2. The van der Waals surface area contributed by atoms with Crippen LogP contribution in [0.1, 0.15) is 16.7 Å². The number of hydrogen-bond donors (Lipinski definition) is 1. The van der Waals surface area contributed by atoms with Crippen LogP contribution in [-0.4, -0.2) is 96.9 Å². The molecule has 7 heteroatoms. The number of amides is 2. The van der Waals surface area contributed by atoms with Crippen molar-refractivity contribution in [2.45, 2.75) is 20.4 Å². The fourth-order valence-electron chi connectivity index (χ4n) is 4.67. The molecular formula is C27H37N5O2. The van der Waals surface area contributed by atoms with Crippen molar-refractivity contribution in [2.75, 3.05) is 70.8 Å². The second-order valence-corrected chi connectivity index (χ2v) is 9.49. The summed E-state index contributed by atoms with van der Waals surface area (Å²) in [4.78, 5) is 34.2. The molecule has 1 N–H and O–H groups in total. The predicted molar refractivity (Wildman–Crippen MR) is 136 cm³/mol. The minimum Gasteiger partial charge on any atom is -0.339 e. The average molecular weight is 464 g/mol. The highest BCUT2D eigenvalue weighted by molar-refractivity contribution is 5.93. The Morgan fingerprint density at radius 3 is 2.06 bits per heavy atom. The second-order valence-electron chi connectivity index (χ2n) is 9.49. The molecule has 2 aliphatic rings. The van der Waals surface area contributed by atoms with Gasteiger partial charge in [-0.1, -0.05) is 42.5 Å². The summed E-state index contributed by atoms with van der Waals surface area (Å²) in [6.45, 7) is 12.6. The van der Waals surface area contributed by atoms with Gasteiger partial charge in [0, 0.05) is 64.6 Å². The minimum absolute atomic E-state index is 0.00171. The SMILES string of the molecule is Cc1cccc(NC(=O)CN2CCN(C(=O)CN3CCN(Cc4ccccc4)CC3)CC2)c1C. The maximum absolute atomic E-state index is 12.9. The first kappa shape index (κ1) is 24.4. The van der Waals surface area contributed by atoms with Gasteiger partial charge in [-0.2, -0.15) is 0 Å². The molecule has 0 bridgehead atoms. The zero-order valence-corrected chi connectivity index (χ0v) is 20.5. The van der Waals surface area contributed by atoms with E-state index in [1.165, 1.54) is 11.1 Å². The number of anilines is 1. The highest BCUT2D eigenvalue weighted by atomic mass is 16.2. The summed E-state index contributed by atoms with van der Waals surface area (Å²) in [5, 5.41) is 3.03. The molecule has 0 aliphatic carbocycles. The van der Waals surface area contributed by atoms with Crippen LogP contribution in [0.3, 0.4) is 0 Å². The third-order valence-corrected chi connectivity index (χ3v) is 7.04. The van der Waals surface area contributed by atoms with E-state index in [4.69, 9.17) is 0 Å². The Bertz CT molecular complexity index is 964. The van der Waals surface area contributed by atoms with Gasteiger partial charge >= 0.3 is 0 Å². The molecule has 2 aromatic rings. The monoisotopic (exact) mass is 463 g/mol. The molecule has 2 amide bonds. The first-order valence-corrected chi connectivity index (χ1v) is 12.3. The van der Waals surface area contributed by atoms with Crippen molar-refractivity contribution in [2.24, 2.45) is 0 Å². The first-order chi connectivity index (χ1) is 16.5. The summed E-state index contributed by atoms with van der Waals surface area (Å²) in [5.41, 5.74) is 4.49. The number of carbonyl (C=O) groups excluding carboxylic acids is 2. The third kappa shape index (κ3) is 6.65. The van der Waals surface area contributed by atoms with Gasteiger partial charge in [0.2, 0.25) is 11.8 Å². The Morgan fingerprint density at radius 1 is 0.735 bits per heavy atom. The largest absolute Gasteiger partial charge is 0.339 e. The lowest BCUT2D eigenvalue weighted by atomic mass is 10.1. The maximum atomic E-state index is 12.9. The summed E-state index contributed by atoms with van der Waals surface area (Å²) in [6, 6.07) is 16.5. The Hall–Kier alpha value is -2.74. The number of nitrogens with one attached hydrogen (secondary N) is 1. The number of nitrogens with zero attached hydrogens (tertiary/aromatic N) is 4. The van der Waals surface area contributed by atoms with Crippen molar-refractivity contribution >= 4 is 17.5 Å². The maximum Gasteiger partial charge on any atom is 0.238 e. The van der Waals surface area contributed by atoms with Crippen LogP contribution in [0.15, 0.2) is 48.5 Å². The van der Waals surface area contributed by atoms with Crippen molar-refractivity contribution in [3.8, 4) is 0 Å². The van der Waals surface area contributed by atoms with Gasteiger partial charge in [0.1, 0.15) is 0 Å². The molecule has 34 heavy (non-hydrogen) atoms. The van der Waals surface area contributed by atoms with Crippen LogP contribution in [0.25, 0.3) is 0 Å². The molecule has 2 aromatic carbocycles. The molecule has 2 heterocycles. The fourth-order valence-corrected chi connectivity index (χ4v) is 4.67. The van der Waals surface area contributed by atoms with Crippen LogP contribution in [0, 0.1) is 13.8 Å². The molecule has 0 aromatic heterocycles. The number of rotatable bonds is 7. The fraction of sp³-hybridized carbons (Fsp3) is 0.481. The summed E-state index contributed by atoms with van der Waals surface area (Å²) in [6.07, 6.45) is 0. The zero-order chi connectivity index (χ0) is 23.9. The lowest BCUT2D eigenvalue weighted by molar-refractivity contribution is -0.134. The number of aryl methyl sites for hydroxylation is 1. The van der Waals surface area contributed by atoms with Crippen LogP contribution < -0.4 is 5.32 Å². The van der Waals surface area contributed by atoms with E-state index in [0.717, 1.165) is 57.1 Å². The van der Waals surface area contributed by atoms with E-state index in [2.05, 4.69) is 44.3 Å². The highest BCUT2D eigenvalue weighted by Gasteiger charge is 2.25. The van der Waals surface area contributed by atoms with Gasteiger partial charge in [-0.3, -0.25) is 24.3 Å². The first-order valence-electron chi connectivity index (χ1n) is 12.3. The number of hydrogen-bond acceptors (Lipinski definition) is 5. The zero-order valence-electron chi connectivity index (χ0n) is 20.5. The topological polar surface area (TPSA) is 59.1 Å². The summed E-state index contributed by atoms with van der Waals surface area (Å²) < 4.78 is 0. The lowest BCUT2D eigenvalue weighted by Gasteiger charge is -2.37. The Morgan fingerprint density at radius 2 is 1.35 bits per heavy atom. The van der Waals surface area contributed by atoms with E-state index < -0.39 is 0 Å². The highest BCUT2D eigenvalue weighted by Crippen LogP contribution is 2.18. The van der Waals surface area contributed by atoms with E-state index >= 15 is 0 Å². The summed E-state index contributed by atoms with van der Waals surface area (Å²) >= 11 is 0. The molecule has 2 saturated heterocycles. The van der Waals surface area contributed by atoms with E-state index in [1.54, 1.807) is 0 Å². The number of carbonyl (C=O) groups is 2. The predicted octanol–water partition coefficient (Wildman–Crippen LogP) is 2.20.